The zero-order valence-electron chi connectivity index (χ0n) is 14.1. The van der Waals surface area contributed by atoms with Crippen molar-refractivity contribution in [1.29, 1.82) is 0 Å². The molecule has 2 N–H and O–H groups in total. The zero-order chi connectivity index (χ0) is 17.6. The van der Waals surface area contributed by atoms with Crippen molar-refractivity contribution in [2.75, 3.05) is 39.1 Å². The molecule has 2 aromatic rings. The molecular formula is C18H21N3O4. The van der Waals surface area contributed by atoms with Crippen molar-refractivity contribution < 1.29 is 19.0 Å². The molecule has 1 saturated heterocycles. The molecule has 0 unspecified atom stereocenters. The quantitative estimate of drug-likeness (QED) is 0.888. The van der Waals surface area contributed by atoms with Gasteiger partial charge in [-0.15, -0.1) is 0 Å². The third-order valence-corrected chi connectivity index (χ3v) is 3.96. The van der Waals surface area contributed by atoms with Crippen LogP contribution in [0.4, 0.5) is 5.82 Å². The SMILES string of the molecule is COc1ccc(OCC(=O)N2CCO[C@@H](c3cccc(N)n3)C2)cc1. The lowest BCUT2D eigenvalue weighted by Crippen LogP contribution is -2.44. The van der Waals surface area contributed by atoms with Gasteiger partial charge in [-0.3, -0.25) is 4.79 Å². The highest BCUT2D eigenvalue weighted by molar-refractivity contribution is 5.78. The van der Waals surface area contributed by atoms with Crippen molar-refractivity contribution in [3.8, 4) is 11.5 Å². The maximum Gasteiger partial charge on any atom is 0.260 e. The van der Waals surface area contributed by atoms with Crippen LogP contribution in [0.25, 0.3) is 0 Å². The highest BCUT2D eigenvalue weighted by Gasteiger charge is 2.26. The normalized spacial score (nSPS) is 17.2. The van der Waals surface area contributed by atoms with E-state index in [1.54, 1.807) is 42.3 Å². The molecule has 7 nitrogen and oxygen atoms in total. The minimum atomic E-state index is -0.276. The van der Waals surface area contributed by atoms with Gasteiger partial charge in [-0.05, 0) is 36.4 Å². The number of morpholine rings is 1. The van der Waals surface area contributed by atoms with E-state index in [1.165, 1.54) is 0 Å². The van der Waals surface area contributed by atoms with E-state index in [1.807, 2.05) is 12.1 Å². The first-order valence-electron chi connectivity index (χ1n) is 8.04. The van der Waals surface area contributed by atoms with E-state index in [0.717, 1.165) is 11.4 Å². The molecule has 0 aliphatic carbocycles. The second kappa shape index (κ2) is 7.85. The summed E-state index contributed by atoms with van der Waals surface area (Å²) >= 11 is 0. The van der Waals surface area contributed by atoms with Gasteiger partial charge < -0.3 is 24.8 Å². The predicted molar refractivity (Wildman–Crippen MR) is 92.4 cm³/mol. The first kappa shape index (κ1) is 17.0. The fourth-order valence-electron chi connectivity index (χ4n) is 2.61. The van der Waals surface area contributed by atoms with E-state index in [4.69, 9.17) is 19.9 Å². The van der Waals surface area contributed by atoms with Gasteiger partial charge >= 0.3 is 0 Å². The van der Waals surface area contributed by atoms with Crippen LogP contribution in [0, 0.1) is 0 Å². The number of hydrogen-bond donors (Lipinski definition) is 1. The molecule has 0 spiro atoms. The molecule has 1 amide bonds. The van der Waals surface area contributed by atoms with E-state index in [9.17, 15) is 4.79 Å². The monoisotopic (exact) mass is 343 g/mol. The Hall–Kier alpha value is -2.80. The van der Waals surface area contributed by atoms with Crippen molar-refractivity contribution in [1.82, 2.24) is 9.88 Å². The van der Waals surface area contributed by atoms with Crippen LogP contribution in [0.2, 0.25) is 0 Å². The van der Waals surface area contributed by atoms with Gasteiger partial charge in [0.05, 0.1) is 26.0 Å². The first-order valence-corrected chi connectivity index (χ1v) is 8.04. The van der Waals surface area contributed by atoms with Crippen LogP contribution in [0.3, 0.4) is 0 Å². The standard InChI is InChI=1S/C18H21N3O4/c1-23-13-5-7-14(8-6-13)25-12-18(22)21-9-10-24-16(11-21)15-3-2-4-17(19)20-15/h2-8,16H,9-12H2,1H3,(H2,19,20)/t16-/m1/s1. The van der Waals surface area contributed by atoms with Gasteiger partial charge in [0.25, 0.3) is 5.91 Å². The summed E-state index contributed by atoms with van der Waals surface area (Å²) in [5.41, 5.74) is 6.45. The van der Waals surface area contributed by atoms with E-state index in [-0.39, 0.29) is 18.6 Å². The Kier molecular flexibility index (Phi) is 5.35. The summed E-state index contributed by atoms with van der Waals surface area (Å²) in [6.07, 6.45) is -0.276. The van der Waals surface area contributed by atoms with Crippen LogP contribution in [-0.4, -0.2) is 49.2 Å². The lowest BCUT2D eigenvalue weighted by molar-refractivity contribution is -0.141. The molecule has 1 aromatic heterocycles. The molecule has 1 atom stereocenters. The fourth-order valence-corrected chi connectivity index (χ4v) is 2.61. The van der Waals surface area contributed by atoms with Crippen LogP contribution < -0.4 is 15.2 Å². The van der Waals surface area contributed by atoms with Crippen molar-refractivity contribution in [2.24, 2.45) is 0 Å². The number of nitrogen functional groups attached to an aromatic ring is 1. The molecule has 3 rings (SSSR count). The van der Waals surface area contributed by atoms with Crippen molar-refractivity contribution in [3.63, 3.8) is 0 Å². The Morgan fingerprint density at radius 1 is 1.28 bits per heavy atom. The maximum absolute atomic E-state index is 12.4. The van der Waals surface area contributed by atoms with Gasteiger partial charge in [-0.25, -0.2) is 4.98 Å². The van der Waals surface area contributed by atoms with Crippen molar-refractivity contribution in [2.45, 2.75) is 6.10 Å². The van der Waals surface area contributed by atoms with Gasteiger partial charge in [-0.2, -0.15) is 0 Å². The summed E-state index contributed by atoms with van der Waals surface area (Å²) in [5, 5.41) is 0. The van der Waals surface area contributed by atoms with E-state index in [0.29, 0.717) is 31.3 Å². The van der Waals surface area contributed by atoms with E-state index < -0.39 is 0 Å². The average Bonchev–Trinajstić information content (AvgIpc) is 2.66. The van der Waals surface area contributed by atoms with Gasteiger partial charge in [0, 0.05) is 6.54 Å². The zero-order valence-corrected chi connectivity index (χ0v) is 14.1. The predicted octanol–water partition coefficient (Wildman–Crippen LogP) is 1.65. The van der Waals surface area contributed by atoms with Crippen LogP contribution in [-0.2, 0) is 9.53 Å². The minimum absolute atomic E-state index is 0.0244. The van der Waals surface area contributed by atoms with Crippen LogP contribution in [0.5, 0.6) is 11.5 Å². The molecule has 0 saturated carbocycles. The number of ether oxygens (including phenoxy) is 3. The number of nitrogens with two attached hydrogens (primary N) is 1. The van der Waals surface area contributed by atoms with Crippen LogP contribution in [0.1, 0.15) is 11.8 Å². The Labute approximate surface area is 146 Å². The molecule has 1 aliphatic heterocycles. The third kappa shape index (κ3) is 4.39. The number of carbonyl (C=O) groups is 1. The number of pyridine rings is 1. The highest BCUT2D eigenvalue weighted by Crippen LogP contribution is 2.22. The molecule has 0 bridgehead atoms. The molecule has 132 valence electrons. The largest absolute Gasteiger partial charge is 0.497 e. The van der Waals surface area contributed by atoms with Gasteiger partial charge in [0.1, 0.15) is 23.4 Å². The summed E-state index contributed by atoms with van der Waals surface area (Å²) < 4.78 is 16.4. The molecule has 7 heteroatoms. The van der Waals surface area contributed by atoms with E-state index >= 15 is 0 Å². The molecule has 1 aromatic carbocycles. The van der Waals surface area contributed by atoms with Crippen molar-refractivity contribution >= 4 is 11.7 Å². The first-order chi connectivity index (χ1) is 12.2. The lowest BCUT2D eigenvalue weighted by atomic mass is 10.2. The van der Waals surface area contributed by atoms with Gasteiger partial charge in [-0.1, -0.05) is 6.07 Å². The van der Waals surface area contributed by atoms with Crippen LogP contribution in [0.15, 0.2) is 42.5 Å². The number of carbonyl (C=O) groups excluding carboxylic acids is 1. The number of hydrogen-bond acceptors (Lipinski definition) is 6. The van der Waals surface area contributed by atoms with Crippen LogP contribution >= 0.6 is 0 Å². The summed E-state index contributed by atoms with van der Waals surface area (Å²) in [6.45, 7) is 1.39. The maximum atomic E-state index is 12.4. The number of amides is 1. The number of aromatic nitrogens is 1. The summed E-state index contributed by atoms with van der Waals surface area (Å²) in [4.78, 5) is 18.4. The Morgan fingerprint density at radius 3 is 2.76 bits per heavy atom. The molecule has 1 aliphatic rings. The van der Waals surface area contributed by atoms with Gasteiger partial charge in [0.2, 0.25) is 0 Å². The Morgan fingerprint density at radius 2 is 2.04 bits per heavy atom. The highest BCUT2D eigenvalue weighted by atomic mass is 16.5. The lowest BCUT2D eigenvalue weighted by Gasteiger charge is -2.32. The number of methoxy groups -OCH3 is 1. The topological polar surface area (TPSA) is 86.9 Å². The molecular weight excluding hydrogens is 322 g/mol. The number of rotatable bonds is 5. The summed E-state index contributed by atoms with van der Waals surface area (Å²) in [5.74, 6) is 1.71. The second-order valence-electron chi connectivity index (χ2n) is 5.65. The second-order valence-corrected chi connectivity index (χ2v) is 5.65. The number of nitrogens with zero attached hydrogens (tertiary/aromatic N) is 2. The summed E-state index contributed by atoms with van der Waals surface area (Å²) in [6, 6.07) is 12.5. The third-order valence-electron chi connectivity index (χ3n) is 3.96. The average molecular weight is 343 g/mol. The number of anilines is 1. The van der Waals surface area contributed by atoms with Gasteiger partial charge in [0.15, 0.2) is 6.61 Å². The fraction of sp³-hybridized carbons (Fsp3) is 0.333. The Bertz CT molecular complexity index is 721. The molecule has 2 heterocycles. The number of benzene rings is 1. The molecule has 0 radical (unpaired) electrons. The van der Waals surface area contributed by atoms with Crippen molar-refractivity contribution in [3.05, 3.63) is 48.2 Å². The summed E-state index contributed by atoms with van der Waals surface area (Å²) in [7, 11) is 1.60. The minimum Gasteiger partial charge on any atom is -0.497 e. The Balaban J connectivity index is 1.56. The molecule has 1 fully saturated rings. The van der Waals surface area contributed by atoms with E-state index in [2.05, 4.69) is 4.98 Å². The molecule has 25 heavy (non-hydrogen) atoms. The smallest absolute Gasteiger partial charge is 0.260 e.